The molecule has 0 spiro atoms. The van der Waals surface area contributed by atoms with E-state index in [9.17, 15) is 18.0 Å². The number of methoxy groups -OCH3 is 2. The van der Waals surface area contributed by atoms with Crippen molar-refractivity contribution >= 4 is 44.3 Å². The fourth-order valence-electron chi connectivity index (χ4n) is 3.39. The number of sulfonamides is 1. The van der Waals surface area contributed by atoms with E-state index in [1.54, 1.807) is 0 Å². The molecular weight excluding hydrogens is 486 g/mol. The molecule has 3 aromatic rings. The van der Waals surface area contributed by atoms with E-state index >= 15 is 0 Å². The van der Waals surface area contributed by atoms with Gasteiger partial charge in [0.1, 0.15) is 17.5 Å². The van der Waals surface area contributed by atoms with Crippen LogP contribution in [0.15, 0.2) is 44.4 Å². The van der Waals surface area contributed by atoms with Crippen molar-refractivity contribution in [2.75, 3.05) is 19.5 Å². The van der Waals surface area contributed by atoms with E-state index in [-0.39, 0.29) is 33.5 Å². The van der Waals surface area contributed by atoms with Crippen LogP contribution in [-0.4, -0.2) is 39.2 Å². The number of nitrogens with zero attached hydrogens (tertiary/aromatic N) is 1. The Morgan fingerprint density at radius 2 is 1.82 bits per heavy atom. The Bertz CT molecular complexity index is 1380. The van der Waals surface area contributed by atoms with Crippen LogP contribution >= 0.6 is 11.6 Å². The van der Waals surface area contributed by atoms with Gasteiger partial charge >= 0.3 is 5.76 Å². The summed E-state index contributed by atoms with van der Waals surface area (Å²) in [6, 6.07) is 5.93. The molecule has 0 saturated heterocycles. The molecular formula is C22H26ClN3O7S. The van der Waals surface area contributed by atoms with Crippen LogP contribution in [0.4, 0.5) is 5.69 Å². The summed E-state index contributed by atoms with van der Waals surface area (Å²) in [4.78, 5) is 24.7. The first-order valence-electron chi connectivity index (χ1n) is 10.3. The first-order chi connectivity index (χ1) is 16.0. The topological polar surface area (TPSA) is 129 Å². The number of carbonyl (C=O) groups excluding carboxylic acids is 1. The highest BCUT2D eigenvalue weighted by molar-refractivity contribution is 7.89. The number of halogens is 1. The normalized spacial score (nSPS) is 12.7. The highest BCUT2D eigenvalue weighted by Crippen LogP contribution is 2.36. The third-order valence-electron chi connectivity index (χ3n) is 5.13. The highest BCUT2D eigenvalue weighted by atomic mass is 35.5. The van der Waals surface area contributed by atoms with Gasteiger partial charge in [-0.1, -0.05) is 25.4 Å². The molecule has 1 atom stereocenters. The number of fused-ring (bicyclic) bond motifs is 1. The first kappa shape index (κ1) is 25.6. The maximum absolute atomic E-state index is 13.1. The monoisotopic (exact) mass is 511 g/mol. The van der Waals surface area contributed by atoms with Crippen molar-refractivity contribution in [3.8, 4) is 11.5 Å². The Balaban J connectivity index is 1.90. The van der Waals surface area contributed by atoms with Crippen molar-refractivity contribution in [2.45, 2.75) is 31.2 Å². The Kier molecular flexibility index (Phi) is 7.59. The highest BCUT2D eigenvalue weighted by Gasteiger charge is 2.28. The molecule has 0 aliphatic rings. The van der Waals surface area contributed by atoms with Gasteiger partial charge in [0, 0.05) is 19.2 Å². The second-order valence-electron chi connectivity index (χ2n) is 8.04. The Morgan fingerprint density at radius 3 is 2.44 bits per heavy atom. The summed E-state index contributed by atoms with van der Waals surface area (Å²) in [6.45, 7) is 3.73. The van der Waals surface area contributed by atoms with Crippen molar-refractivity contribution in [3.63, 3.8) is 0 Å². The third-order valence-corrected chi connectivity index (χ3v) is 6.89. The minimum Gasteiger partial charge on any atom is -0.495 e. The Labute approximate surface area is 201 Å². The second kappa shape index (κ2) is 10.1. The van der Waals surface area contributed by atoms with Crippen molar-refractivity contribution < 1.29 is 27.1 Å². The molecule has 184 valence electrons. The number of hydrogen-bond acceptors (Lipinski definition) is 7. The molecule has 10 nitrogen and oxygen atoms in total. The lowest BCUT2D eigenvalue weighted by molar-refractivity contribution is -0.118. The number of amides is 1. The average molecular weight is 512 g/mol. The predicted octanol–water partition coefficient (Wildman–Crippen LogP) is 3.13. The summed E-state index contributed by atoms with van der Waals surface area (Å²) in [7, 11) is 0.256. The number of aryl methyl sites for hydroxylation is 1. The number of anilines is 1. The molecule has 0 aliphatic carbocycles. The van der Waals surface area contributed by atoms with Gasteiger partial charge in [-0.25, -0.2) is 13.2 Å². The van der Waals surface area contributed by atoms with Gasteiger partial charge in [-0.2, -0.15) is 4.72 Å². The number of oxazole rings is 1. The summed E-state index contributed by atoms with van der Waals surface area (Å²) in [5.41, 5.74) is 0.834. The number of hydrogen-bond donors (Lipinski definition) is 2. The number of rotatable bonds is 9. The standard InChI is InChI=1S/C22H26ClN3O7S/c1-12(2)8-16(21(27)24-15-10-14(23)18(31-4)11-19(15)32-5)25-34(29,30)13-6-7-17-20(9-13)33-22(28)26(17)3/h6-7,9-12,16,25H,8H2,1-5H3,(H,24,27). The molecule has 0 bridgehead atoms. The summed E-state index contributed by atoms with van der Waals surface area (Å²) in [6.07, 6.45) is 0.222. The van der Waals surface area contributed by atoms with Gasteiger partial charge in [0.25, 0.3) is 0 Å². The molecule has 0 aliphatic heterocycles. The van der Waals surface area contributed by atoms with Crippen molar-refractivity contribution in [3.05, 3.63) is 45.9 Å². The largest absolute Gasteiger partial charge is 0.495 e. The molecule has 2 N–H and O–H groups in total. The zero-order chi connectivity index (χ0) is 25.2. The molecule has 34 heavy (non-hydrogen) atoms. The minimum atomic E-state index is -4.13. The van der Waals surface area contributed by atoms with Crippen LogP contribution in [0.3, 0.4) is 0 Å². The Morgan fingerprint density at radius 1 is 1.15 bits per heavy atom. The molecule has 1 amide bonds. The van der Waals surface area contributed by atoms with Crippen molar-refractivity contribution in [1.82, 2.24) is 9.29 Å². The third kappa shape index (κ3) is 5.37. The number of ether oxygens (including phenoxy) is 2. The fraction of sp³-hybridized carbons (Fsp3) is 0.364. The number of aromatic nitrogens is 1. The van der Waals surface area contributed by atoms with Crippen LogP contribution in [0.1, 0.15) is 20.3 Å². The first-order valence-corrected chi connectivity index (χ1v) is 12.2. The molecule has 1 heterocycles. The number of benzene rings is 2. The van der Waals surface area contributed by atoms with Gasteiger partial charge in [0.15, 0.2) is 5.58 Å². The number of nitrogens with one attached hydrogen (secondary N) is 2. The molecule has 1 unspecified atom stereocenters. The van der Waals surface area contributed by atoms with Gasteiger partial charge in [0.2, 0.25) is 15.9 Å². The lowest BCUT2D eigenvalue weighted by Crippen LogP contribution is -2.44. The van der Waals surface area contributed by atoms with Crippen LogP contribution in [0.5, 0.6) is 11.5 Å². The van der Waals surface area contributed by atoms with Crippen LogP contribution in [0, 0.1) is 5.92 Å². The minimum absolute atomic E-state index is 0.00516. The summed E-state index contributed by atoms with van der Waals surface area (Å²) < 4.78 is 45.5. The number of carbonyl (C=O) groups is 1. The van der Waals surface area contributed by atoms with Gasteiger partial charge in [-0.3, -0.25) is 9.36 Å². The molecule has 0 fully saturated rings. The van der Waals surface area contributed by atoms with Crippen LogP contribution in [-0.2, 0) is 21.9 Å². The Hall–Kier alpha value is -3.02. The van der Waals surface area contributed by atoms with E-state index in [1.807, 2.05) is 13.8 Å². The molecule has 3 rings (SSSR count). The fourth-order valence-corrected chi connectivity index (χ4v) is 4.86. The van der Waals surface area contributed by atoms with Crippen LogP contribution in [0.25, 0.3) is 11.1 Å². The molecule has 0 radical (unpaired) electrons. The average Bonchev–Trinajstić information content (AvgIpc) is 3.06. The lowest BCUT2D eigenvalue weighted by Gasteiger charge is -2.21. The van der Waals surface area contributed by atoms with Gasteiger partial charge in [0.05, 0.1) is 35.3 Å². The van der Waals surface area contributed by atoms with Crippen LogP contribution < -0.4 is 25.3 Å². The maximum atomic E-state index is 13.1. The zero-order valence-electron chi connectivity index (χ0n) is 19.3. The van der Waals surface area contributed by atoms with Crippen molar-refractivity contribution in [1.29, 1.82) is 0 Å². The predicted molar refractivity (Wildman–Crippen MR) is 128 cm³/mol. The second-order valence-corrected chi connectivity index (χ2v) is 10.2. The van der Waals surface area contributed by atoms with Crippen molar-refractivity contribution in [2.24, 2.45) is 13.0 Å². The molecule has 0 saturated carbocycles. The van der Waals surface area contributed by atoms with E-state index in [0.717, 1.165) is 0 Å². The molecule has 2 aromatic carbocycles. The zero-order valence-corrected chi connectivity index (χ0v) is 20.9. The van der Waals surface area contributed by atoms with E-state index in [1.165, 1.54) is 56.2 Å². The quantitative estimate of drug-likeness (QED) is 0.451. The summed E-state index contributed by atoms with van der Waals surface area (Å²) in [5.74, 6) is -0.551. The van der Waals surface area contributed by atoms with Gasteiger partial charge in [-0.15, -0.1) is 0 Å². The van der Waals surface area contributed by atoms with Gasteiger partial charge in [-0.05, 0) is 30.5 Å². The SMILES string of the molecule is COc1cc(OC)c(NC(=O)C(CC(C)C)NS(=O)(=O)c2ccc3c(c2)oc(=O)n3C)cc1Cl. The molecule has 1 aromatic heterocycles. The molecule has 12 heteroatoms. The van der Waals surface area contributed by atoms with E-state index in [2.05, 4.69) is 10.0 Å². The van der Waals surface area contributed by atoms with E-state index in [0.29, 0.717) is 17.0 Å². The summed E-state index contributed by atoms with van der Waals surface area (Å²) >= 11 is 6.18. The van der Waals surface area contributed by atoms with E-state index in [4.69, 9.17) is 25.5 Å². The van der Waals surface area contributed by atoms with E-state index < -0.39 is 27.7 Å². The van der Waals surface area contributed by atoms with Crippen LogP contribution in [0.2, 0.25) is 5.02 Å². The maximum Gasteiger partial charge on any atom is 0.419 e. The summed E-state index contributed by atoms with van der Waals surface area (Å²) in [5, 5.41) is 2.93. The lowest BCUT2D eigenvalue weighted by atomic mass is 10.0. The smallest absolute Gasteiger partial charge is 0.419 e. The van der Waals surface area contributed by atoms with Gasteiger partial charge < -0.3 is 19.2 Å².